The maximum atomic E-state index is 12.4. The molecular weight excluding hydrogens is 432 g/mol. The number of aromatic amines is 1. The van der Waals surface area contributed by atoms with E-state index in [-0.39, 0.29) is 29.4 Å². The van der Waals surface area contributed by atoms with Gasteiger partial charge in [-0.3, -0.25) is 25.0 Å². The maximum Gasteiger partial charge on any atom is 0.318 e. The Labute approximate surface area is 185 Å². The molecule has 0 spiro atoms. The monoisotopic (exact) mass is 448 g/mol. The van der Waals surface area contributed by atoms with Crippen LogP contribution in [0.1, 0.15) is 6.92 Å². The molecule has 166 valence electrons. The van der Waals surface area contributed by atoms with Gasteiger partial charge in [-0.2, -0.15) is 0 Å². The first-order chi connectivity index (χ1) is 15.9. The van der Waals surface area contributed by atoms with Crippen molar-refractivity contribution in [3.05, 3.63) is 91.2 Å². The van der Waals surface area contributed by atoms with Crippen molar-refractivity contribution in [1.29, 1.82) is 0 Å². The summed E-state index contributed by atoms with van der Waals surface area (Å²) in [6.45, 7) is 2.02. The number of hydrogen-bond acceptors (Lipinski definition) is 8. The van der Waals surface area contributed by atoms with Gasteiger partial charge in [0, 0.05) is 11.6 Å². The quantitative estimate of drug-likeness (QED) is 0.318. The van der Waals surface area contributed by atoms with Gasteiger partial charge in [-0.05, 0) is 43.3 Å². The molecule has 0 aliphatic rings. The summed E-state index contributed by atoms with van der Waals surface area (Å²) in [6.07, 6.45) is 0. The van der Waals surface area contributed by atoms with Crippen molar-refractivity contribution in [3.63, 3.8) is 0 Å². The van der Waals surface area contributed by atoms with Gasteiger partial charge in [0.1, 0.15) is 5.82 Å². The fourth-order valence-electron chi connectivity index (χ4n) is 3.20. The van der Waals surface area contributed by atoms with Crippen LogP contribution in [0.2, 0.25) is 0 Å². The highest BCUT2D eigenvalue weighted by molar-refractivity contribution is 5.79. The highest BCUT2D eigenvalue weighted by Crippen LogP contribution is 2.39. The zero-order chi connectivity index (χ0) is 23.5. The number of para-hydroxylation sites is 1. The summed E-state index contributed by atoms with van der Waals surface area (Å²) in [5.41, 5.74) is -0.227. The number of H-pyrrole nitrogens is 1. The minimum atomic E-state index is -0.763. The molecule has 4 aromatic rings. The summed E-state index contributed by atoms with van der Waals surface area (Å²) in [5, 5.41) is 22.8. The second kappa shape index (κ2) is 8.75. The second-order valence-corrected chi connectivity index (χ2v) is 6.79. The Morgan fingerprint density at radius 2 is 1.70 bits per heavy atom. The summed E-state index contributed by atoms with van der Waals surface area (Å²) in [7, 11) is 0. The molecular formula is C22H16N4O7. The Bertz CT molecular complexity index is 1450. The van der Waals surface area contributed by atoms with Crippen molar-refractivity contribution in [2.45, 2.75) is 6.92 Å². The number of rotatable bonds is 7. The highest BCUT2D eigenvalue weighted by atomic mass is 16.6. The number of nitrogens with zero attached hydrogens (tertiary/aromatic N) is 3. The van der Waals surface area contributed by atoms with Gasteiger partial charge >= 0.3 is 5.69 Å². The van der Waals surface area contributed by atoms with E-state index in [1.54, 1.807) is 43.3 Å². The average molecular weight is 448 g/mol. The number of ether oxygens (including phenoxy) is 2. The first-order valence-corrected chi connectivity index (χ1v) is 9.74. The van der Waals surface area contributed by atoms with Crippen molar-refractivity contribution < 1.29 is 19.3 Å². The molecule has 4 rings (SSSR count). The average Bonchev–Trinajstić information content (AvgIpc) is 2.80. The van der Waals surface area contributed by atoms with Crippen LogP contribution in [0, 0.1) is 20.2 Å². The fraction of sp³-hybridized carbons (Fsp3) is 0.0909. The first-order valence-electron chi connectivity index (χ1n) is 9.74. The smallest absolute Gasteiger partial charge is 0.318 e. The van der Waals surface area contributed by atoms with Crippen molar-refractivity contribution in [2.75, 3.05) is 6.61 Å². The van der Waals surface area contributed by atoms with Crippen LogP contribution < -0.4 is 15.0 Å². The lowest BCUT2D eigenvalue weighted by Crippen LogP contribution is -2.09. The van der Waals surface area contributed by atoms with Crippen molar-refractivity contribution in [1.82, 2.24) is 9.97 Å². The van der Waals surface area contributed by atoms with Gasteiger partial charge in [-0.15, -0.1) is 0 Å². The molecule has 1 N–H and O–H groups in total. The number of nitrogens with one attached hydrogen (secondary N) is 1. The molecule has 0 unspecified atom stereocenters. The molecule has 3 aromatic carbocycles. The molecule has 0 atom stereocenters. The van der Waals surface area contributed by atoms with Gasteiger partial charge < -0.3 is 14.5 Å². The zero-order valence-corrected chi connectivity index (χ0v) is 17.2. The Hall–Kier alpha value is -4.80. The molecule has 11 nitrogen and oxygen atoms in total. The first kappa shape index (κ1) is 21.4. The third-order valence-corrected chi connectivity index (χ3v) is 4.70. The Kier molecular flexibility index (Phi) is 5.68. The normalized spacial score (nSPS) is 10.7. The second-order valence-electron chi connectivity index (χ2n) is 6.79. The van der Waals surface area contributed by atoms with Crippen molar-refractivity contribution in [3.8, 4) is 28.6 Å². The molecule has 0 radical (unpaired) electrons. The Morgan fingerprint density at radius 3 is 2.42 bits per heavy atom. The molecule has 1 heterocycles. The van der Waals surface area contributed by atoms with Crippen LogP contribution in [0.15, 0.2) is 65.5 Å². The molecule has 0 saturated carbocycles. The number of nitro benzene ring substituents is 2. The summed E-state index contributed by atoms with van der Waals surface area (Å²) >= 11 is 0. The topological polar surface area (TPSA) is 150 Å². The van der Waals surface area contributed by atoms with Gasteiger partial charge in [0.15, 0.2) is 11.5 Å². The Balaban J connectivity index is 1.75. The maximum absolute atomic E-state index is 12.4. The van der Waals surface area contributed by atoms with E-state index in [1.807, 2.05) is 0 Å². The van der Waals surface area contributed by atoms with Gasteiger partial charge in [-0.25, -0.2) is 4.98 Å². The minimum Gasteiger partial charge on any atom is -0.490 e. The van der Waals surface area contributed by atoms with E-state index in [0.717, 1.165) is 18.2 Å². The Morgan fingerprint density at radius 1 is 0.939 bits per heavy atom. The van der Waals surface area contributed by atoms with E-state index in [9.17, 15) is 25.0 Å². The molecule has 0 amide bonds. The lowest BCUT2D eigenvalue weighted by atomic mass is 10.1. The van der Waals surface area contributed by atoms with Crippen molar-refractivity contribution in [2.24, 2.45) is 0 Å². The van der Waals surface area contributed by atoms with Crippen LogP contribution in [0.3, 0.4) is 0 Å². The van der Waals surface area contributed by atoms with E-state index in [0.29, 0.717) is 22.3 Å². The van der Waals surface area contributed by atoms with Gasteiger partial charge in [0.2, 0.25) is 5.75 Å². The zero-order valence-electron chi connectivity index (χ0n) is 17.2. The lowest BCUT2D eigenvalue weighted by Gasteiger charge is -2.13. The summed E-state index contributed by atoms with van der Waals surface area (Å²) in [6, 6.07) is 14.7. The van der Waals surface area contributed by atoms with Crippen LogP contribution >= 0.6 is 0 Å². The third-order valence-electron chi connectivity index (χ3n) is 4.70. The number of benzene rings is 3. The SMILES string of the molecule is CCOc1cc(-c2nc3ccccc3c(=O)[nH]2)ccc1Oc1ccc([N+](=O)[O-])cc1[N+](=O)[O-]. The van der Waals surface area contributed by atoms with Crippen molar-refractivity contribution >= 4 is 22.3 Å². The molecule has 0 fully saturated rings. The van der Waals surface area contributed by atoms with E-state index in [2.05, 4.69) is 9.97 Å². The highest BCUT2D eigenvalue weighted by Gasteiger charge is 2.22. The number of fused-ring (bicyclic) bond motifs is 1. The fourth-order valence-corrected chi connectivity index (χ4v) is 3.20. The number of aromatic nitrogens is 2. The van der Waals surface area contributed by atoms with E-state index in [4.69, 9.17) is 9.47 Å². The van der Waals surface area contributed by atoms with Gasteiger partial charge in [-0.1, -0.05) is 12.1 Å². The van der Waals surface area contributed by atoms with Crippen LogP contribution in [-0.4, -0.2) is 26.4 Å². The molecule has 1 aromatic heterocycles. The third kappa shape index (κ3) is 4.32. The summed E-state index contributed by atoms with van der Waals surface area (Å²) < 4.78 is 11.3. The molecule has 11 heteroatoms. The van der Waals surface area contributed by atoms with Crippen LogP contribution in [-0.2, 0) is 0 Å². The largest absolute Gasteiger partial charge is 0.490 e. The van der Waals surface area contributed by atoms with Gasteiger partial charge in [0.05, 0.1) is 33.4 Å². The summed E-state index contributed by atoms with van der Waals surface area (Å²) in [5.74, 6) is 0.531. The van der Waals surface area contributed by atoms with Crippen LogP contribution in [0.4, 0.5) is 11.4 Å². The molecule has 0 bridgehead atoms. The molecule has 0 aliphatic carbocycles. The van der Waals surface area contributed by atoms with Crippen LogP contribution in [0.25, 0.3) is 22.3 Å². The molecule has 0 aliphatic heterocycles. The predicted molar refractivity (Wildman–Crippen MR) is 119 cm³/mol. The number of non-ortho nitro benzene ring substituents is 1. The predicted octanol–water partition coefficient (Wildman–Crippen LogP) is 4.60. The number of nitro groups is 2. The summed E-state index contributed by atoms with van der Waals surface area (Å²) in [4.78, 5) is 40.5. The van der Waals surface area contributed by atoms with Gasteiger partial charge in [0.25, 0.3) is 11.2 Å². The van der Waals surface area contributed by atoms with Crippen LogP contribution in [0.5, 0.6) is 17.2 Å². The molecule has 33 heavy (non-hydrogen) atoms. The lowest BCUT2D eigenvalue weighted by molar-refractivity contribution is -0.394. The van der Waals surface area contributed by atoms with E-state index < -0.39 is 21.2 Å². The van der Waals surface area contributed by atoms with E-state index in [1.165, 1.54) is 6.07 Å². The minimum absolute atomic E-state index is 0.153. The van der Waals surface area contributed by atoms with E-state index >= 15 is 0 Å². The standard InChI is InChI=1S/C22H16N4O7/c1-2-32-20-11-13(21-23-16-6-4-3-5-15(16)22(27)24-21)7-9-19(20)33-18-10-8-14(25(28)29)12-17(18)26(30)31/h3-12H,2H2,1H3,(H,23,24,27). The molecule has 0 saturated heterocycles. The number of hydrogen-bond donors (Lipinski definition) is 1.